The average molecular weight is 577 g/mol. The lowest BCUT2D eigenvalue weighted by atomic mass is 9.96. The number of benzene rings is 5. The van der Waals surface area contributed by atoms with Crippen LogP contribution in [0, 0.1) is 0 Å². The Morgan fingerprint density at radius 1 is 0.733 bits per heavy atom. The molecular formula is C43H32N2. The van der Waals surface area contributed by atoms with Gasteiger partial charge in [-0.05, 0) is 82.5 Å². The molecule has 214 valence electrons. The van der Waals surface area contributed by atoms with Crippen LogP contribution in [-0.4, -0.2) is 10.3 Å². The predicted molar refractivity (Wildman–Crippen MR) is 191 cm³/mol. The van der Waals surface area contributed by atoms with Crippen molar-refractivity contribution in [1.29, 1.82) is 0 Å². The second-order valence-electron chi connectivity index (χ2n) is 11.3. The molecule has 0 aliphatic carbocycles. The molecule has 6 aromatic rings. The summed E-state index contributed by atoms with van der Waals surface area (Å²) in [5.74, 6) is 0. The van der Waals surface area contributed by atoms with Gasteiger partial charge in [0.15, 0.2) is 0 Å². The fourth-order valence-electron chi connectivity index (χ4n) is 5.97. The minimum atomic E-state index is 0.800. The number of para-hydroxylation sites is 1. The van der Waals surface area contributed by atoms with Gasteiger partial charge in [-0.25, -0.2) is 4.99 Å². The summed E-state index contributed by atoms with van der Waals surface area (Å²) in [4.78, 5) is 5.12. The van der Waals surface area contributed by atoms with Gasteiger partial charge in [0.25, 0.3) is 0 Å². The van der Waals surface area contributed by atoms with Gasteiger partial charge in [0.2, 0.25) is 0 Å². The molecule has 2 nitrogen and oxygen atoms in total. The van der Waals surface area contributed by atoms with E-state index in [4.69, 9.17) is 4.99 Å². The van der Waals surface area contributed by atoms with E-state index in [1.807, 2.05) is 24.3 Å². The van der Waals surface area contributed by atoms with Crippen molar-refractivity contribution in [3.05, 3.63) is 185 Å². The topological polar surface area (TPSA) is 17.3 Å². The van der Waals surface area contributed by atoms with Crippen molar-refractivity contribution in [3.8, 4) is 11.1 Å². The summed E-state index contributed by atoms with van der Waals surface area (Å²) in [5.41, 5.74) is 17.3. The maximum absolute atomic E-state index is 5.12. The summed E-state index contributed by atoms with van der Waals surface area (Å²) in [6.07, 6.45) is 8.41. The van der Waals surface area contributed by atoms with Crippen molar-refractivity contribution < 1.29 is 0 Å². The van der Waals surface area contributed by atoms with E-state index in [0.717, 1.165) is 44.1 Å². The number of hydrogen-bond donors (Lipinski definition) is 0. The highest BCUT2D eigenvalue weighted by molar-refractivity contribution is 6.14. The van der Waals surface area contributed by atoms with Crippen LogP contribution in [0.2, 0.25) is 0 Å². The lowest BCUT2D eigenvalue weighted by molar-refractivity contribution is 1.01. The Kier molecular flexibility index (Phi) is 7.44. The fourth-order valence-corrected chi connectivity index (χ4v) is 5.97. The average Bonchev–Trinajstić information content (AvgIpc) is 3.23. The Morgan fingerprint density at radius 3 is 2.31 bits per heavy atom. The zero-order valence-corrected chi connectivity index (χ0v) is 25.5. The first-order chi connectivity index (χ1) is 22.1. The van der Waals surface area contributed by atoms with Gasteiger partial charge in [-0.2, -0.15) is 0 Å². The lowest BCUT2D eigenvalue weighted by Gasteiger charge is -2.08. The summed E-state index contributed by atoms with van der Waals surface area (Å²) < 4.78 is 2.27. The minimum absolute atomic E-state index is 0.800. The molecule has 0 radical (unpaired) electrons. The quantitative estimate of drug-likeness (QED) is 0.182. The molecule has 0 saturated heterocycles. The van der Waals surface area contributed by atoms with Crippen LogP contribution in [0.4, 0.5) is 0 Å². The molecule has 0 unspecified atom stereocenters. The van der Waals surface area contributed by atoms with Gasteiger partial charge in [0.05, 0.1) is 5.71 Å². The van der Waals surface area contributed by atoms with Gasteiger partial charge in [-0.3, -0.25) is 0 Å². The highest BCUT2D eigenvalue weighted by atomic mass is 14.9. The number of hydrogen-bond acceptors (Lipinski definition) is 1. The van der Waals surface area contributed by atoms with E-state index in [0.29, 0.717) is 0 Å². The van der Waals surface area contributed by atoms with Crippen LogP contribution >= 0.6 is 0 Å². The maximum atomic E-state index is 5.12. The third-order valence-electron chi connectivity index (χ3n) is 8.44. The largest absolute Gasteiger partial charge is 0.344 e. The van der Waals surface area contributed by atoms with Crippen LogP contribution in [0.5, 0.6) is 0 Å². The summed E-state index contributed by atoms with van der Waals surface area (Å²) in [6, 6.07) is 42.6. The monoisotopic (exact) mass is 576 g/mol. The molecule has 5 aromatic carbocycles. The Balaban J connectivity index is 1.32. The first kappa shape index (κ1) is 27.9. The van der Waals surface area contributed by atoms with Gasteiger partial charge in [0, 0.05) is 39.6 Å². The molecule has 0 atom stereocenters. The Hall–Kier alpha value is -5.91. The van der Waals surface area contributed by atoms with Crippen LogP contribution in [0.15, 0.2) is 168 Å². The molecule has 0 N–H and O–H groups in total. The van der Waals surface area contributed by atoms with E-state index in [1.54, 1.807) is 0 Å². The van der Waals surface area contributed by atoms with E-state index in [1.165, 1.54) is 32.9 Å². The number of rotatable bonds is 5. The van der Waals surface area contributed by atoms with E-state index in [9.17, 15) is 0 Å². The van der Waals surface area contributed by atoms with Crippen molar-refractivity contribution in [2.45, 2.75) is 6.92 Å². The predicted octanol–water partition coefficient (Wildman–Crippen LogP) is 8.92. The van der Waals surface area contributed by atoms with Crippen LogP contribution in [-0.2, 0) is 7.05 Å². The minimum Gasteiger partial charge on any atom is -0.344 e. The Labute approximate surface area is 263 Å². The number of aryl methyl sites for hydroxylation is 1. The van der Waals surface area contributed by atoms with Crippen molar-refractivity contribution in [2.75, 3.05) is 0 Å². The van der Waals surface area contributed by atoms with Crippen molar-refractivity contribution in [1.82, 2.24) is 4.57 Å². The smallest absolute Gasteiger partial charge is 0.109 e. The fraction of sp³-hybridized carbons (Fsp3) is 0.0465. The molecule has 0 fully saturated rings. The first-order valence-corrected chi connectivity index (χ1v) is 15.1. The second-order valence-corrected chi connectivity index (χ2v) is 11.3. The van der Waals surface area contributed by atoms with Crippen LogP contribution < -0.4 is 10.4 Å². The third-order valence-corrected chi connectivity index (χ3v) is 8.44. The highest BCUT2D eigenvalue weighted by Gasteiger charge is 2.12. The second kappa shape index (κ2) is 12.0. The number of aliphatic imine (C=N–C) groups is 1. The molecule has 7 rings (SSSR count). The van der Waals surface area contributed by atoms with Crippen LogP contribution in [0.25, 0.3) is 50.3 Å². The maximum Gasteiger partial charge on any atom is 0.109 e. The molecular weight excluding hydrogens is 544 g/mol. The molecule has 1 aromatic heterocycles. The highest BCUT2D eigenvalue weighted by Crippen LogP contribution is 2.33. The third kappa shape index (κ3) is 5.49. The standard InChI is InChI=1S/C43H32N2/c1-4-31-13-8-9-14-32(31)22-21-30(2)40-25-23-37(29-41(44-40)33-15-6-5-7-16-33)35-18-12-17-34(27-35)36-24-26-43-39(28-36)38-19-10-11-20-42(38)45(43)3/h5-24,26-29H,1H2,2-3H3/b30-21+,32-22-. The van der Waals surface area contributed by atoms with Gasteiger partial charge >= 0.3 is 0 Å². The van der Waals surface area contributed by atoms with Gasteiger partial charge in [-0.15, -0.1) is 5.73 Å². The molecule has 0 bridgehead atoms. The number of aromatic nitrogens is 1. The van der Waals surface area contributed by atoms with E-state index in [2.05, 4.69) is 158 Å². The summed E-state index contributed by atoms with van der Waals surface area (Å²) >= 11 is 0. The van der Waals surface area contributed by atoms with Gasteiger partial charge in [-0.1, -0.05) is 115 Å². The van der Waals surface area contributed by atoms with Crippen molar-refractivity contribution in [2.24, 2.45) is 12.0 Å². The molecule has 0 amide bonds. The first-order valence-electron chi connectivity index (χ1n) is 15.1. The SMILES string of the molecule is C=C=c1cccc/c1=C/C=C(\C)C1=C=CC(c2cccc(-c3ccc4c(c3)c3ccccc3n4C)c2)=CC(c2ccccc2)=N1. The normalized spacial score (nSPS) is 13.8. The Bertz CT molecular complexity index is 2420. The lowest BCUT2D eigenvalue weighted by Crippen LogP contribution is -2.21. The van der Waals surface area contributed by atoms with Gasteiger partial charge < -0.3 is 4.57 Å². The molecule has 1 aliphatic heterocycles. The molecule has 45 heavy (non-hydrogen) atoms. The molecule has 2 heteroatoms. The van der Waals surface area contributed by atoms with Crippen molar-refractivity contribution >= 4 is 44.9 Å². The summed E-state index contributed by atoms with van der Waals surface area (Å²) in [6.45, 7) is 5.91. The summed E-state index contributed by atoms with van der Waals surface area (Å²) in [7, 11) is 2.14. The number of fused-ring (bicyclic) bond motifs is 3. The van der Waals surface area contributed by atoms with Crippen molar-refractivity contribution in [3.63, 3.8) is 0 Å². The molecule has 0 saturated carbocycles. The molecule has 1 aliphatic rings. The van der Waals surface area contributed by atoms with E-state index >= 15 is 0 Å². The number of nitrogens with zero attached hydrogens (tertiary/aromatic N) is 2. The van der Waals surface area contributed by atoms with Gasteiger partial charge in [0.1, 0.15) is 5.70 Å². The Morgan fingerprint density at radius 2 is 1.44 bits per heavy atom. The van der Waals surface area contributed by atoms with Crippen LogP contribution in [0.1, 0.15) is 18.1 Å². The summed E-state index contributed by atoms with van der Waals surface area (Å²) in [5, 5.41) is 4.58. The number of allylic oxidation sites excluding steroid dienone is 4. The molecule has 0 spiro atoms. The van der Waals surface area contributed by atoms with Crippen LogP contribution in [0.3, 0.4) is 0 Å². The zero-order valence-electron chi connectivity index (χ0n) is 25.5. The van der Waals surface area contributed by atoms with E-state index in [-0.39, 0.29) is 0 Å². The van der Waals surface area contributed by atoms with E-state index < -0.39 is 0 Å². The zero-order chi connectivity index (χ0) is 30.8. The molecule has 2 heterocycles.